The molecule has 1 atom stereocenters. The summed E-state index contributed by atoms with van der Waals surface area (Å²) in [5.74, 6) is -1.45. The molecule has 0 saturated carbocycles. The van der Waals surface area contributed by atoms with Gasteiger partial charge in [0.2, 0.25) is 5.76 Å². The normalized spacial score (nSPS) is 15.7. The van der Waals surface area contributed by atoms with E-state index < -0.39 is 23.6 Å². The lowest BCUT2D eigenvalue weighted by Gasteiger charge is -2.25. The van der Waals surface area contributed by atoms with Crippen LogP contribution in [0.3, 0.4) is 0 Å². The van der Waals surface area contributed by atoms with Crippen molar-refractivity contribution in [2.45, 2.75) is 6.04 Å². The van der Waals surface area contributed by atoms with E-state index in [1.54, 1.807) is 24.3 Å². The van der Waals surface area contributed by atoms with E-state index in [0.29, 0.717) is 22.2 Å². The third kappa shape index (κ3) is 2.64. The number of nitrogens with zero attached hydrogens (tertiary/aromatic N) is 1. The van der Waals surface area contributed by atoms with E-state index in [-0.39, 0.29) is 16.8 Å². The molecular formula is C23H13F2NO3. The summed E-state index contributed by atoms with van der Waals surface area (Å²) in [6.45, 7) is 0. The molecule has 0 spiro atoms. The van der Waals surface area contributed by atoms with Crippen molar-refractivity contribution >= 4 is 22.6 Å². The maximum Gasteiger partial charge on any atom is 0.295 e. The van der Waals surface area contributed by atoms with E-state index in [4.69, 9.17) is 4.42 Å². The molecule has 4 nitrogen and oxygen atoms in total. The lowest BCUT2D eigenvalue weighted by molar-refractivity contribution is 0.0971. The molecule has 1 aromatic heterocycles. The molecule has 0 fully saturated rings. The first-order valence-electron chi connectivity index (χ1n) is 8.95. The summed E-state index contributed by atoms with van der Waals surface area (Å²) in [6, 6.07) is 16.8. The molecule has 0 N–H and O–H groups in total. The van der Waals surface area contributed by atoms with E-state index in [0.717, 1.165) is 0 Å². The number of para-hydroxylation sites is 1. The third-order valence-corrected chi connectivity index (χ3v) is 5.07. The fraction of sp³-hybridized carbons (Fsp3) is 0.0435. The van der Waals surface area contributed by atoms with Crippen molar-refractivity contribution in [3.05, 3.63) is 112 Å². The van der Waals surface area contributed by atoms with Crippen LogP contribution in [0.1, 0.15) is 27.7 Å². The van der Waals surface area contributed by atoms with Crippen molar-refractivity contribution in [1.82, 2.24) is 0 Å². The summed E-state index contributed by atoms with van der Waals surface area (Å²) in [7, 11) is 0. The monoisotopic (exact) mass is 389 g/mol. The van der Waals surface area contributed by atoms with Gasteiger partial charge in [0.1, 0.15) is 17.2 Å². The highest BCUT2D eigenvalue weighted by molar-refractivity contribution is 6.10. The number of halogens is 2. The first kappa shape index (κ1) is 17.3. The minimum atomic E-state index is -0.815. The molecule has 4 aromatic rings. The predicted molar refractivity (Wildman–Crippen MR) is 104 cm³/mol. The van der Waals surface area contributed by atoms with Crippen molar-refractivity contribution in [3.8, 4) is 0 Å². The Kier molecular flexibility index (Phi) is 3.81. The number of carbonyl (C=O) groups excluding carboxylic acids is 1. The van der Waals surface area contributed by atoms with Gasteiger partial charge in [0, 0.05) is 5.69 Å². The van der Waals surface area contributed by atoms with Crippen LogP contribution in [0.5, 0.6) is 0 Å². The van der Waals surface area contributed by atoms with Gasteiger partial charge in [-0.2, -0.15) is 0 Å². The zero-order chi connectivity index (χ0) is 20.1. The molecule has 142 valence electrons. The zero-order valence-electron chi connectivity index (χ0n) is 14.9. The number of benzene rings is 3. The standard InChI is InChI=1S/C23H13F2NO3/c24-14-7-5-13(6-8-14)20-19-21(27)17-3-1-2-4-18(17)29-22(19)23(28)26(20)16-11-9-15(25)10-12-16/h1-12,20H. The molecule has 0 bridgehead atoms. The largest absolute Gasteiger partial charge is 0.450 e. The number of anilines is 1. The summed E-state index contributed by atoms with van der Waals surface area (Å²) in [5, 5.41) is 0.354. The SMILES string of the molecule is O=C1c2oc3ccccc3c(=O)c2C(c2ccc(F)cc2)N1c1ccc(F)cc1. The molecule has 0 radical (unpaired) electrons. The van der Waals surface area contributed by atoms with Crippen molar-refractivity contribution in [2.75, 3.05) is 4.90 Å². The molecule has 0 aliphatic carbocycles. The molecule has 0 saturated heterocycles. The fourth-order valence-corrected chi connectivity index (χ4v) is 3.75. The average Bonchev–Trinajstić information content (AvgIpc) is 3.02. The van der Waals surface area contributed by atoms with E-state index in [1.807, 2.05) is 0 Å². The smallest absolute Gasteiger partial charge is 0.295 e. The number of hydrogen-bond acceptors (Lipinski definition) is 3. The van der Waals surface area contributed by atoms with Crippen LogP contribution in [0.4, 0.5) is 14.5 Å². The minimum absolute atomic E-state index is 0.0626. The Morgan fingerprint density at radius 3 is 2.10 bits per heavy atom. The second kappa shape index (κ2) is 6.38. The van der Waals surface area contributed by atoms with E-state index >= 15 is 0 Å². The second-order valence-corrected chi connectivity index (χ2v) is 6.78. The van der Waals surface area contributed by atoms with E-state index in [9.17, 15) is 18.4 Å². The van der Waals surface area contributed by atoms with Gasteiger partial charge < -0.3 is 4.42 Å². The number of fused-ring (bicyclic) bond motifs is 2. The molecule has 3 aromatic carbocycles. The van der Waals surface area contributed by atoms with Gasteiger partial charge in [-0.1, -0.05) is 24.3 Å². The Labute approximate surface area is 163 Å². The van der Waals surface area contributed by atoms with Gasteiger partial charge in [0.25, 0.3) is 5.91 Å². The quantitative estimate of drug-likeness (QED) is 0.494. The van der Waals surface area contributed by atoms with Crippen LogP contribution < -0.4 is 10.3 Å². The number of hydrogen-bond donors (Lipinski definition) is 0. The van der Waals surface area contributed by atoms with Gasteiger partial charge in [-0.05, 0) is 54.1 Å². The summed E-state index contributed by atoms with van der Waals surface area (Å²) in [4.78, 5) is 27.9. The average molecular weight is 389 g/mol. The summed E-state index contributed by atoms with van der Waals surface area (Å²) >= 11 is 0. The highest BCUT2D eigenvalue weighted by Gasteiger charge is 2.43. The number of rotatable bonds is 2. The molecule has 2 heterocycles. The van der Waals surface area contributed by atoms with Crippen LogP contribution >= 0.6 is 0 Å². The van der Waals surface area contributed by atoms with Crippen molar-refractivity contribution in [2.24, 2.45) is 0 Å². The Morgan fingerprint density at radius 1 is 0.793 bits per heavy atom. The second-order valence-electron chi connectivity index (χ2n) is 6.78. The molecule has 1 aliphatic heterocycles. The van der Waals surface area contributed by atoms with Crippen LogP contribution in [0.2, 0.25) is 0 Å². The van der Waals surface area contributed by atoms with Crippen LogP contribution in [-0.4, -0.2) is 5.91 Å². The highest BCUT2D eigenvalue weighted by atomic mass is 19.1. The molecule has 5 rings (SSSR count). The first-order chi connectivity index (χ1) is 14.0. The van der Waals surface area contributed by atoms with Gasteiger partial charge in [0.15, 0.2) is 5.43 Å². The Bertz CT molecular complexity index is 1310. The van der Waals surface area contributed by atoms with Crippen LogP contribution in [-0.2, 0) is 0 Å². The van der Waals surface area contributed by atoms with Gasteiger partial charge in [-0.25, -0.2) is 8.78 Å². The molecular weight excluding hydrogens is 376 g/mol. The first-order valence-corrected chi connectivity index (χ1v) is 8.95. The number of carbonyl (C=O) groups is 1. The van der Waals surface area contributed by atoms with Gasteiger partial charge in [0.05, 0.1) is 17.0 Å². The lowest BCUT2D eigenvalue weighted by atomic mass is 9.98. The zero-order valence-corrected chi connectivity index (χ0v) is 14.9. The van der Waals surface area contributed by atoms with Crippen LogP contribution in [0.25, 0.3) is 11.0 Å². The maximum atomic E-state index is 13.5. The van der Waals surface area contributed by atoms with Crippen molar-refractivity contribution in [3.63, 3.8) is 0 Å². The molecule has 1 aliphatic rings. The molecule has 29 heavy (non-hydrogen) atoms. The Morgan fingerprint density at radius 2 is 1.41 bits per heavy atom. The fourth-order valence-electron chi connectivity index (χ4n) is 3.75. The van der Waals surface area contributed by atoms with E-state index in [1.165, 1.54) is 53.4 Å². The summed E-state index contributed by atoms with van der Waals surface area (Å²) < 4.78 is 32.7. The Hall–Kier alpha value is -3.80. The Balaban J connectivity index is 1.81. The number of amides is 1. The highest BCUT2D eigenvalue weighted by Crippen LogP contribution is 2.41. The van der Waals surface area contributed by atoms with E-state index in [2.05, 4.69) is 0 Å². The third-order valence-electron chi connectivity index (χ3n) is 5.07. The minimum Gasteiger partial charge on any atom is -0.450 e. The van der Waals surface area contributed by atoms with Gasteiger partial charge in [-0.3, -0.25) is 14.5 Å². The lowest BCUT2D eigenvalue weighted by Crippen LogP contribution is -2.29. The summed E-state index contributed by atoms with van der Waals surface area (Å²) in [5.41, 5.74) is 1.12. The topological polar surface area (TPSA) is 50.5 Å². The van der Waals surface area contributed by atoms with Crippen molar-refractivity contribution < 1.29 is 18.0 Å². The molecule has 6 heteroatoms. The van der Waals surface area contributed by atoms with Crippen molar-refractivity contribution in [1.29, 1.82) is 0 Å². The maximum absolute atomic E-state index is 13.5. The van der Waals surface area contributed by atoms with Gasteiger partial charge in [-0.15, -0.1) is 0 Å². The molecule has 1 amide bonds. The molecule has 1 unspecified atom stereocenters. The summed E-state index contributed by atoms with van der Waals surface area (Å²) in [6.07, 6.45) is 0. The van der Waals surface area contributed by atoms with Crippen LogP contribution in [0, 0.1) is 11.6 Å². The van der Waals surface area contributed by atoms with Crippen LogP contribution in [0.15, 0.2) is 82.0 Å². The predicted octanol–water partition coefficient (Wildman–Crippen LogP) is 4.82. The van der Waals surface area contributed by atoms with Gasteiger partial charge >= 0.3 is 0 Å².